The highest BCUT2D eigenvalue weighted by atomic mass is 35.5. The summed E-state index contributed by atoms with van der Waals surface area (Å²) >= 11 is 7.87. The number of aryl methyl sites for hydroxylation is 2. The molecule has 2 N–H and O–H groups in total. The quantitative estimate of drug-likeness (QED) is 0.230. The molecule has 3 aromatic rings. The van der Waals surface area contributed by atoms with E-state index in [1.54, 1.807) is 11.3 Å². The second-order valence-electron chi connectivity index (χ2n) is 10.7. The van der Waals surface area contributed by atoms with Crippen molar-refractivity contribution in [3.8, 4) is 5.00 Å². The van der Waals surface area contributed by atoms with Gasteiger partial charge in [0, 0.05) is 34.1 Å². The van der Waals surface area contributed by atoms with Crippen molar-refractivity contribution < 1.29 is 14.3 Å². The maximum Gasteiger partial charge on any atom is 0.407 e. The van der Waals surface area contributed by atoms with Crippen molar-refractivity contribution in [2.75, 3.05) is 13.1 Å². The molecule has 11 heteroatoms. The van der Waals surface area contributed by atoms with E-state index in [1.165, 1.54) is 4.88 Å². The molecule has 0 radical (unpaired) electrons. The van der Waals surface area contributed by atoms with Crippen LogP contribution in [0.4, 0.5) is 4.79 Å². The molecule has 2 aromatic heterocycles. The maximum atomic E-state index is 13.1. The summed E-state index contributed by atoms with van der Waals surface area (Å²) in [5.41, 5.74) is 3.91. The third kappa shape index (κ3) is 6.93. The molecule has 222 valence electrons. The molecule has 3 heterocycles. The lowest BCUT2D eigenvalue weighted by molar-refractivity contribution is -0.121. The van der Waals surface area contributed by atoms with E-state index in [0.717, 1.165) is 65.3 Å². The third-order valence-corrected chi connectivity index (χ3v) is 9.12. The summed E-state index contributed by atoms with van der Waals surface area (Å²) in [6, 6.07) is 7.10. The Bertz CT molecular complexity index is 1490. The minimum Gasteiger partial charge on any atom is -0.446 e. The molecule has 2 amide bonds. The van der Waals surface area contributed by atoms with Gasteiger partial charge in [-0.2, -0.15) is 0 Å². The Morgan fingerprint density at radius 3 is 2.62 bits per heavy atom. The number of ether oxygens (including phenoxy) is 1. The van der Waals surface area contributed by atoms with Crippen molar-refractivity contribution in [1.82, 2.24) is 25.4 Å². The number of rotatable bonds is 8. The summed E-state index contributed by atoms with van der Waals surface area (Å²) in [5, 5.41) is 16.2. The van der Waals surface area contributed by atoms with Gasteiger partial charge in [0.25, 0.3) is 0 Å². The number of aliphatic imine (C=N–C) groups is 1. The molecular weight excluding hydrogens is 572 g/mol. The largest absolute Gasteiger partial charge is 0.446 e. The van der Waals surface area contributed by atoms with Crippen molar-refractivity contribution in [1.29, 1.82) is 0 Å². The monoisotopic (exact) mass is 608 g/mol. The first-order chi connectivity index (χ1) is 20.3. The van der Waals surface area contributed by atoms with E-state index in [-0.39, 0.29) is 18.4 Å². The molecule has 0 bridgehead atoms. The van der Waals surface area contributed by atoms with Gasteiger partial charge in [0.1, 0.15) is 23.0 Å². The Hall–Kier alpha value is -3.50. The molecule has 42 heavy (non-hydrogen) atoms. The van der Waals surface area contributed by atoms with Gasteiger partial charge in [-0.25, -0.2) is 4.79 Å². The number of thiophene rings is 1. The standard InChI is InChI=1S/C31H37ClN6O3S/c1-19-20(2)42-30-27(19)28(22-12-14-23(32)15-13-22)35-25(29-37-36-21(3)38(29)30)18-26(39)33-16-9-17-34-31(40)41-24-10-7-5-4-6-8-11-24/h4-5,12-15,24-25H,6-11,16-18H2,1-3H3,(H,33,39)(H,34,40)/b5-4-/t24?,25-/m0/s1. The Labute approximate surface area is 255 Å². The first-order valence-electron chi connectivity index (χ1n) is 14.5. The summed E-state index contributed by atoms with van der Waals surface area (Å²) in [5.74, 6) is 1.25. The van der Waals surface area contributed by atoms with Crippen molar-refractivity contribution in [2.24, 2.45) is 4.99 Å². The molecule has 1 unspecified atom stereocenters. The van der Waals surface area contributed by atoms with Gasteiger partial charge in [-0.05, 0) is 77.0 Å². The van der Waals surface area contributed by atoms with Crippen LogP contribution in [-0.4, -0.2) is 51.7 Å². The lowest BCUT2D eigenvalue weighted by atomic mass is 9.99. The lowest BCUT2D eigenvalue weighted by Crippen LogP contribution is -2.32. The molecule has 1 aliphatic carbocycles. The zero-order chi connectivity index (χ0) is 29.6. The number of carbonyl (C=O) groups excluding carboxylic acids is 2. The molecule has 1 aromatic carbocycles. The van der Waals surface area contributed by atoms with E-state index < -0.39 is 12.1 Å². The van der Waals surface area contributed by atoms with Crippen LogP contribution in [0.3, 0.4) is 0 Å². The zero-order valence-corrected chi connectivity index (χ0v) is 25.9. The summed E-state index contributed by atoms with van der Waals surface area (Å²) in [4.78, 5) is 31.7. The van der Waals surface area contributed by atoms with Crippen LogP contribution in [0, 0.1) is 20.8 Å². The predicted octanol–water partition coefficient (Wildman–Crippen LogP) is 6.31. The van der Waals surface area contributed by atoms with E-state index in [1.807, 2.05) is 35.8 Å². The molecule has 2 aliphatic rings. The number of hydrogen-bond donors (Lipinski definition) is 2. The Morgan fingerprint density at radius 1 is 1.05 bits per heavy atom. The summed E-state index contributed by atoms with van der Waals surface area (Å²) in [7, 11) is 0. The van der Waals surface area contributed by atoms with Crippen LogP contribution in [0.15, 0.2) is 41.4 Å². The number of hydrogen-bond acceptors (Lipinski definition) is 7. The number of allylic oxidation sites excluding steroid dienone is 2. The van der Waals surface area contributed by atoms with E-state index in [4.69, 9.17) is 21.3 Å². The van der Waals surface area contributed by atoms with Crippen molar-refractivity contribution in [3.63, 3.8) is 0 Å². The van der Waals surface area contributed by atoms with E-state index in [9.17, 15) is 9.59 Å². The van der Waals surface area contributed by atoms with Gasteiger partial charge in [0.15, 0.2) is 5.82 Å². The Balaban J connectivity index is 1.23. The predicted molar refractivity (Wildman–Crippen MR) is 166 cm³/mol. The number of nitrogens with zero attached hydrogens (tertiary/aromatic N) is 4. The fraction of sp³-hybridized carbons (Fsp3) is 0.452. The number of amides is 2. The highest BCUT2D eigenvalue weighted by molar-refractivity contribution is 7.15. The SMILES string of the molecule is Cc1sc2c(c1C)C(c1ccc(Cl)cc1)=N[C@@H](CC(=O)NCCCNC(=O)OC1CC/C=C\CCC1)c1nnc(C)n1-2. The van der Waals surface area contributed by atoms with Gasteiger partial charge in [0.05, 0.1) is 12.1 Å². The van der Waals surface area contributed by atoms with Crippen LogP contribution in [0.25, 0.3) is 5.00 Å². The van der Waals surface area contributed by atoms with Crippen LogP contribution in [0.1, 0.15) is 84.2 Å². The fourth-order valence-electron chi connectivity index (χ4n) is 5.32. The number of benzene rings is 1. The molecule has 2 atom stereocenters. The van der Waals surface area contributed by atoms with E-state index in [0.29, 0.717) is 30.4 Å². The zero-order valence-electron chi connectivity index (χ0n) is 24.3. The number of fused-ring (bicyclic) bond motifs is 3. The third-order valence-electron chi connectivity index (χ3n) is 7.67. The normalized spacial score (nSPS) is 18.9. The van der Waals surface area contributed by atoms with Crippen molar-refractivity contribution in [2.45, 2.75) is 77.9 Å². The van der Waals surface area contributed by atoms with Crippen LogP contribution < -0.4 is 10.6 Å². The van der Waals surface area contributed by atoms with E-state index >= 15 is 0 Å². The minimum absolute atomic E-state index is 0.0457. The average molecular weight is 609 g/mol. The lowest BCUT2D eigenvalue weighted by Gasteiger charge is -2.18. The van der Waals surface area contributed by atoms with Gasteiger partial charge in [0.2, 0.25) is 5.91 Å². The first kappa shape index (κ1) is 30.0. The first-order valence-corrected chi connectivity index (χ1v) is 15.7. The second kappa shape index (κ2) is 13.6. The van der Waals surface area contributed by atoms with Gasteiger partial charge in [-0.1, -0.05) is 35.9 Å². The molecule has 0 saturated carbocycles. The highest BCUT2D eigenvalue weighted by Gasteiger charge is 2.32. The van der Waals surface area contributed by atoms with Crippen LogP contribution in [0.2, 0.25) is 5.02 Å². The topological polar surface area (TPSA) is 110 Å². The summed E-state index contributed by atoms with van der Waals surface area (Å²) < 4.78 is 7.62. The van der Waals surface area contributed by atoms with Crippen LogP contribution in [0.5, 0.6) is 0 Å². The van der Waals surface area contributed by atoms with Crippen LogP contribution >= 0.6 is 22.9 Å². The smallest absolute Gasteiger partial charge is 0.407 e. The average Bonchev–Trinajstić information content (AvgIpc) is 3.42. The number of halogens is 1. The van der Waals surface area contributed by atoms with Gasteiger partial charge in [-0.15, -0.1) is 21.5 Å². The van der Waals surface area contributed by atoms with E-state index in [2.05, 4.69) is 46.8 Å². The maximum absolute atomic E-state index is 13.1. The van der Waals surface area contributed by atoms with Gasteiger partial charge >= 0.3 is 6.09 Å². The highest BCUT2D eigenvalue weighted by Crippen LogP contribution is 2.39. The number of carbonyl (C=O) groups is 2. The Kier molecular flexibility index (Phi) is 9.74. The molecular formula is C31H37ClN6O3S. The van der Waals surface area contributed by atoms with Gasteiger partial charge in [-0.3, -0.25) is 14.4 Å². The molecule has 5 rings (SSSR count). The number of aromatic nitrogens is 3. The van der Waals surface area contributed by atoms with Crippen molar-refractivity contribution >= 4 is 40.6 Å². The second-order valence-corrected chi connectivity index (χ2v) is 12.4. The van der Waals surface area contributed by atoms with Crippen molar-refractivity contribution in [3.05, 3.63) is 74.7 Å². The number of nitrogens with one attached hydrogen (secondary N) is 2. The summed E-state index contributed by atoms with van der Waals surface area (Å²) in [6.07, 6.45) is 9.33. The molecule has 0 fully saturated rings. The van der Waals surface area contributed by atoms with Crippen LogP contribution in [-0.2, 0) is 9.53 Å². The molecule has 9 nitrogen and oxygen atoms in total. The molecule has 1 aliphatic heterocycles. The Morgan fingerprint density at radius 2 is 1.81 bits per heavy atom. The van der Waals surface area contributed by atoms with Gasteiger partial charge < -0.3 is 15.4 Å². The minimum atomic E-state index is -0.525. The summed E-state index contributed by atoms with van der Waals surface area (Å²) in [6.45, 7) is 6.96. The molecule has 0 spiro atoms. The number of alkyl carbamates (subject to hydrolysis) is 1. The molecule has 0 saturated heterocycles. The fourth-order valence-corrected chi connectivity index (χ4v) is 6.66.